The SMILES string of the molecule is CC(C)[C@H](CO)Nc1nc(Nc2ccc(Br)cc2F)cc(C(F)(F)F)n1. The fourth-order valence-corrected chi connectivity index (χ4v) is 2.37. The highest BCUT2D eigenvalue weighted by Crippen LogP contribution is 2.31. The molecular weight excluding hydrogens is 420 g/mol. The van der Waals surface area contributed by atoms with Gasteiger partial charge in [-0.2, -0.15) is 18.2 Å². The van der Waals surface area contributed by atoms with E-state index in [9.17, 15) is 22.7 Å². The third kappa shape index (κ3) is 5.28. The van der Waals surface area contributed by atoms with Gasteiger partial charge >= 0.3 is 6.18 Å². The number of hydrogen-bond donors (Lipinski definition) is 3. The lowest BCUT2D eigenvalue weighted by Crippen LogP contribution is -2.30. The van der Waals surface area contributed by atoms with Crippen molar-refractivity contribution >= 4 is 33.4 Å². The van der Waals surface area contributed by atoms with Gasteiger partial charge in [-0.15, -0.1) is 0 Å². The van der Waals surface area contributed by atoms with Crippen molar-refractivity contribution in [3.05, 3.63) is 40.2 Å². The minimum Gasteiger partial charge on any atom is -0.394 e. The molecule has 0 fully saturated rings. The molecule has 0 saturated carbocycles. The number of hydrogen-bond acceptors (Lipinski definition) is 5. The van der Waals surface area contributed by atoms with E-state index in [0.717, 1.165) is 0 Å². The van der Waals surface area contributed by atoms with Gasteiger partial charge in [-0.25, -0.2) is 9.37 Å². The number of alkyl halides is 3. The zero-order valence-electron chi connectivity index (χ0n) is 13.9. The molecule has 0 aliphatic carbocycles. The first kappa shape index (κ1) is 20.4. The van der Waals surface area contributed by atoms with Crippen molar-refractivity contribution in [2.24, 2.45) is 5.92 Å². The molecule has 0 aliphatic rings. The van der Waals surface area contributed by atoms with Crippen LogP contribution in [0, 0.1) is 11.7 Å². The number of benzene rings is 1. The van der Waals surface area contributed by atoms with E-state index < -0.39 is 23.7 Å². The van der Waals surface area contributed by atoms with Gasteiger partial charge in [0.2, 0.25) is 5.95 Å². The van der Waals surface area contributed by atoms with E-state index in [1.807, 2.05) is 0 Å². The van der Waals surface area contributed by atoms with E-state index in [0.29, 0.717) is 10.5 Å². The van der Waals surface area contributed by atoms with Gasteiger partial charge in [-0.3, -0.25) is 0 Å². The van der Waals surface area contributed by atoms with Crippen LogP contribution in [-0.2, 0) is 6.18 Å². The maximum Gasteiger partial charge on any atom is 0.433 e. The molecule has 26 heavy (non-hydrogen) atoms. The van der Waals surface area contributed by atoms with Crippen LogP contribution in [-0.4, -0.2) is 27.7 Å². The van der Waals surface area contributed by atoms with E-state index in [4.69, 9.17) is 0 Å². The summed E-state index contributed by atoms with van der Waals surface area (Å²) < 4.78 is 53.8. The Balaban J connectivity index is 2.39. The smallest absolute Gasteiger partial charge is 0.394 e. The van der Waals surface area contributed by atoms with Gasteiger partial charge in [-0.1, -0.05) is 29.8 Å². The second kappa shape index (κ2) is 8.17. The Morgan fingerprint density at radius 2 is 1.88 bits per heavy atom. The number of halogens is 5. The van der Waals surface area contributed by atoms with Crippen molar-refractivity contribution in [2.45, 2.75) is 26.1 Å². The van der Waals surface area contributed by atoms with Crippen molar-refractivity contribution in [1.82, 2.24) is 9.97 Å². The Morgan fingerprint density at radius 3 is 2.42 bits per heavy atom. The molecule has 0 unspecified atom stereocenters. The molecular formula is C16H17BrF4N4O. The van der Waals surface area contributed by atoms with Crippen LogP contribution in [0.15, 0.2) is 28.7 Å². The highest BCUT2D eigenvalue weighted by molar-refractivity contribution is 9.10. The number of aromatic nitrogens is 2. The summed E-state index contributed by atoms with van der Waals surface area (Å²) >= 11 is 3.10. The van der Waals surface area contributed by atoms with Crippen LogP contribution in [0.3, 0.4) is 0 Å². The molecule has 3 N–H and O–H groups in total. The average molecular weight is 437 g/mol. The molecule has 10 heteroatoms. The summed E-state index contributed by atoms with van der Waals surface area (Å²) in [7, 11) is 0. The summed E-state index contributed by atoms with van der Waals surface area (Å²) in [6.07, 6.45) is -4.71. The highest BCUT2D eigenvalue weighted by Gasteiger charge is 2.34. The van der Waals surface area contributed by atoms with Crippen LogP contribution in [0.25, 0.3) is 0 Å². The average Bonchev–Trinajstić information content (AvgIpc) is 2.54. The quantitative estimate of drug-likeness (QED) is 0.578. The molecule has 0 saturated heterocycles. The molecule has 1 aromatic heterocycles. The van der Waals surface area contributed by atoms with Gasteiger partial charge in [-0.05, 0) is 24.1 Å². The number of nitrogens with one attached hydrogen (secondary N) is 2. The van der Waals surface area contributed by atoms with Crippen LogP contribution in [0.1, 0.15) is 19.5 Å². The monoisotopic (exact) mass is 436 g/mol. The third-order valence-electron chi connectivity index (χ3n) is 3.53. The van der Waals surface area contributed by atoms with Gasteiger partial charge < -0.3 is 15.7 Å². The topological polar surface area (TPSA) is 70.1 Å². The maximum absolute atomic E-state index is 13.9. The van der Waals surface area contributed by atoms with Crippen molar-refractivity contribution in [1.29, 1.82) is 0 Å². The lowest BCUT2D eigenvalue weighted by Gasteiger charge is -2.21. The second-order valence-electron chi connectivity index (χ2n) is 5.89. The van der Waals surface area contributed by atoms with Crippen molar-refractivity contribution in [3.63, 3.8) is 0 Å². The summed E-state index contributed by atoms with van der Waals surface area (Å²) in [4.78, 5) is 7.41. The molecule has 142 valence electrons. The Morgan fingerprint density at radius 1 is 1.19 bits per heavy atom. The highest BCUT2D eigenvalue weighted by atomic mass is 79.9. The van der Waals surface area contributed by atoms with Gasteiger partial charge in [0, 0.05) is 10.5 Å². The summed E-state index contributed by atoms with van der Waals surface area (Å²) in [5.41, 5.74) is -1.22. The van der Waals surface area contributed by atoms with Gasteiger partial charge in [0.25, 0.3) is 0 Å². The summed E-state index contributed by atoms with van der Waals surface area (Å²) in [6.45, 7) is 3.27. The minimum atomic E-state index is -4.71. The number of rotatable bonds is 6. The van der Waals surface area contributed by atoms with Crippen molar-refractivity contribution in [2.75, 3.05) is 17.2 Å². The van der Waals surface area contributed by atoms with E-state index in [1.54, 1.807) is 13.8 Å². The van der Waals surface area contributed by atoms with E-state index in [-0.39, 0.29) is 30.0 Å². The summed E-state index contributed by atoms with van der Waals surface area (Å²) in [6, 6.07) is 4.24. The third-order valence-corrected chi connectivity index (χ3v) is 4.02. The molecule has 1 heterocycles. The number of aliphatic hydroxyl groups excluding tert-OH is 1. The zero-order valence-corrected chi connectivity index (χ0v) is 15.5. The number of aliphatic hydroxyl groups is 1. The molecule has 2 rings (SSSR count). The molecule has 5 nitrogen and oxygen atoms in total. The van der Waals surface area contributed by atoms with Gasteiger partial charge in [0.15, 0.2) is 5.69 Å². The minimum absolute atomic E-state index is 0.0338. The number of nitrogens with zero attached hydrogens (tertiary/aromatic N) is 2. The van der Waals surface area contributed by atoms with Crippen LogP contribution < -0.4 is 10.6 Å². The van der Waals surface area contributed by atoms with Crippen LogP contribution in [0.4, 0.5) is 35.0 Å². The lowest BCUT2D eigenvalue weighted by atomic mass is 10.1. The second-order valence-corrected chi connectivity index (χ2v) is 6.80. The summed E-state index contributed by atoms with van der Waals surface area (Å²) in [5.74, 6) is -1.26. The molecule has 0 amide bonds. The Kier molecular flexibility index (Phi) is 6.40. The predicted molar refractivity (Wildman–Crippen MR) is 93.8 cm³/mol. The first-order valence-corrected chi connectivity index (χ1v) is 8.45. The lowest BCUT2D eigenvalue weighted by molar-refractivity contribution is -0.141. The Hall–Kier alpha value is -1.94. The van der Waals surface area contributed by atoms with E-state index >= 15 is 0 Å². The predicted octanol–water partition coefficient (Wildman–Crippen LogP) is 4.57. The van der Waals surface area contributed by atoms with Crippen LogP contribution >= 0.6 is 15.9 Å². The number of anilines is 3. The molecule has 0 aliphatic heterocycles. The van der Waals surface area contributed by atoms with Gasteiger partial charge in [0.1, 0.15) is 11.6 Å². The standard InChI is InChI=1S/C16H17BrF4N4O/c1-8(2)12(7-26)23-15-24-13(16(19,20)21)6-14(25-15)22-11-4-3-9(17)5-10(11)18/h3-6,8,12,26H,7H2,1-2H3,(H2,22,23,24,25)/t12-/m0/s1. The van der Waals surface area contributed by atoms with Crippen LogP contribution in [0.2, 0.25) is 0 Å². The Labute approximate surface area is 156 Å². The molecule has 2 aromatic rings. The first-order valence-electron chi connectivity index (χ1n) is 7.66. The maximum atomic E-state index is 13.9. The first-order chi connectivity index (χ1) is 12.1. The Bertz CT molecular complexity index is 770. The largest absolute Gasteiger partial charge is 0.433 e. The molecule has 1 atom stereocenters. The zero-order chi connectivity index (χ0) is 19.5. The van der Waals surface area contributed by atoms with Gasteiger partial charge in [0.05, 0.1) is 18.3 Å². The van der Waals surface area contributed by atoms with Crippen molar-refractivity contribution in [3.8, 4) is 0 Å². The van der Waals surface area contributed by atoms with Crippen molar-refractivity contribution < 1.29 is 22.7 Å². The van der Waals surface area contributed by atoms with E-state index in [2.05, 4.69) is 36.5 Å². The normalized spacial score (nSPS) is 13.0. The molecule has 0 bridgehead atoms. The fourth-order valence-electron chi connectivity index (χ4n) is 2.04. The summed E-state index contributed by atoms with van der Waals surface area (Å²) in [5, 5.41) is 14.5. The molecule has 1 aromatic carbocycles. The van der Waals surface area contributed by atoms with E-state index in [1.165, 1.54) is 18.2 Å². The molecule has 0 radical (unpaired) electrons. The van der Waals surface area contributed by atoms with Crippen LogP contribution in [0.5, 0.6) is 0 Å². The fraction of sp³-hybridized carbons (Fsp3) is 0.375. The molecule has 0 spiro atoms.